The molecule has 0 unspecified atom stereocenters. The Labute approximate surface area is 103 Å². The highest BCUT2D eigenvalue weighted by Crippen LogP contribution is 2.16. The van der Waals surface area contributed by atoms with Crippen molar-refractivity contribution in [1.82, 2.24) is 9.97 Å². The highest BCUT2D eigenvalue weighted by molar-refractivity contribution is 5.52. The monoisotopic (exact) mass is 237 g/mol. The van der Waals surface area contributed by atoms with Crippen LogP contribution in [0.25, 0.3) is 0 Å². The first-order chi connectivity index (χ1) is 8.17. The van der Waals surface area contributed by atoms with Crippen molar-refractivity contribution in [1.29, 1.82) is 0 Å². The summed E-state index contributed by atoms with van der Waals surface area (Å²) in [6.07, 6.45) is 3.64. The third-order valence-electron chi connectivity index (χ3n) is 2.58. The van der Waals surface area contributed by atoms with Crippen LogP contribution in [0.3, 0.4) is 0 Å². The lowest BCUT2D eigenvalue weighted by Crippen LogP contribution is -2.20. The minimum Gasteiger partial charge on any atom is -0.370 e. The van der Waals surface area contributed by atoms with Gasteiger partial charge in [0, 0.05) is 26.2 Å². The van der Waals surface area contributed by atoms with Gasteiger partial charge < -0.3 is 16.0 Å². The van der Waals surface area contributed by atoms with E-state index in [0.29, 0.717) is 5.95 Å². The molecule has 3 N–H and O–H groups in total. The van der Waals surface area contributed by atoms with Crippen LogP contribution in [0.1, 0.15) is 33.1 Å². The van der Waals surface area contributed by atoms with Gasteiger partial charge in [0.25, 0.3) is 0 Å². The van der Waals surface area contributed by atoms with Gasteiger partial charge in [-0.3, -0.25) is 0 Å². The van der Waals surface area contributed by atoms with E-state index in [2.05, 4.69) is 27.1 Å². The van der Waals surface area contributed by atoms with E-state index in [9.17, 15) is 0 Å². The molecule has 0 saturated carbocycles. The van der Waals surface area contributed by atoms with Crippen LogP contribution in [0.2, 0.25) is 0 Å². The van der Waals surface area contributed by atoms with E-state index in [-0.39, 0.29) is 0 Å². The van der Waals surface area contributed by atoms with Crippen LogP contribution < -0.4 is 16.0 Å². The largest absolute Gasteiger partial charge is 0.370 e. The van der Waals surface area contributed by atoms with E-state index < -0.39 is 0 Å². The summed E-state index contributed by atoms with van der Waals surface area (Å²) >= 11 is 0. The number of unbranched alkanes of at least 4 members (excludes halogenated alkanes) is 2. The fourth-order valence-corrected chi connectivity index (χ4v) is 1.63. The average molecular weight is 237 g/mol. The normalized spacial score (nSPS) is 10.3. The van der Waals surface area contributed by atoms with Crippen molar-refractivity contribution in [3.05, 3.63) is 6.07 Å². The molecule has 5 heteroatoms. The summed E-state index contributed by atoms with van der Waals surface area (Å²) in [7, 11) is 2.03. The first-order valence-electron chi connectivity index (χ1n) is 6.27. The summed E-state index contributed by atoms with van der Waals surface area (Å²) in [5.74, 6) is 1.99. The number of hydrogen-bond acceptors (Lipinski definition) is 5. The van der Waals surface area contributed by atoms with E-state index >= 15 is 0 Å². The zero-order valence-electron chi connectivity index (χ0n) is 11.0. The molecule has 1 rings (SSSR count). The Morgan fingerprint density at radius 3 is 2.71 bits per heavy atom. The molecule has 0 aliphatic carbocycles. The minimum atomic E-state index is 0.320. The lowest BCUT2D eigenvalue weighted by Gasteiger charge is -2.18. The van der Waals surface area contributed by atoms with E-state index in [1.165, 1.54) is 19.3 Å². The third-order valence-corrected chi connectivity index (χ3v) is 2.58. The highest BCUT2D eigenvalue weighted by atomic mass is 15.2. The first kappa shape index (κ1) is 13.5. The summed E-state index contributed by atoms with van der Waals surface area (Å²) in [6.45, 7) is 6.06. The SMILES string of the molecule is CCCCCN(C)c1cc(NCC)nc(N)n1. The van der Waals surface area contributed by atoms with Crippen molar-refractivity contribution < 1.29 is 0 Å². The molecule has 0 fully saturated rings. The van der Waals surface area contributed by atoms with Gasteiger partial charge in [0.1, 0.15) is 11.6 Å². The number of anilines is 3. The lowest BCUT2D eigenvalue weighted by atomic mass is 10.2. The van der Waals surface area contributed by atoms with Crippen molar-refractivity contribution in [2.75, 3.05) is 36.1 Å². The number of nitrogens with one attached hydrogen (secondary N) is 1. The molecule has 17 heavy (non-hydrogen) atoms. The lowest BCUT2D eigenvalue weighted by molar-refractivity contribution is 0.701. The van der Waals surface area contributed by atoms with Crippen LogP contribution >= 0.6 is 0 Å². The average Bonchev–Trinajstić information content (AvgIpc) is 2.29. The molecular weight excluding hydrogens is 214 g/mol. The number of nitrogens with two attached hydrogens (primary N) is 1. The Bertz CT molecular complexity index is 340. The predicted octanol–water partition coefficient (Wildman–Crippen LogP) is 2.12. The molecular formula is C12H23N5. The van der Waals surface area contributed by atoms with Crippen molar-refractivity contribution in [3.8, 4) is 0 Å². The van der Waals surface area contributed by atoms with E-state index in [0.717, 1.165) is 24.7 Å². The molecule has 0 atom stereocenters. The van der Waals surface area contributed by atoms with Gasteiger partial charge in [-0.2, -0.15) is 9.97 Å². The second-order valence-electron chi connectivity index (χ2n) is 4.13. The van der Waals surface area contributed by atoms with Gasteiger partial charge >= 0.3 is 0 Å². The van der Waals surface area contributed by atoms with Crippen LogP contribution in [0, 0.1) is 0 Å². The summed E-state index contributed by atoms with van der Waals surface area (Å²) < 4.78 is 0. The maximum Gasteiger partial charge on any atom is 0.223 e. The highest BCUT2D eigenvalue weighted by Gasteiger charge is 2.06. The number of nitrogens with zero attached hydrogens (tertiary/aromatic N) is 3. The standard InChI is InChI=1S/C12H23N5/c1-4-6-7-8-17(3)11-9-10(14-5-2)15-12(13)16-11/h9H,4-8H2,1-3H3,(H3,13,14,15,16). The molecule has 0 spiro atoms. The summed E-state index contributed by atoms with van der Waals surface area (Å²) in [5, 5.41) is 3.15. The molecule has 1 aromatic rings. The maximum absolute atomic E-state index is 5.69. The van der Waals surface area contributed by atoms with Crippen molar-refractivity contribution in [2.24, 2.45) is 0 Å². The fraction of sp³-hybridized carbons (Fsp3) is 0.667. The maximum atomic E-state index is 5.69. The molecule has 0 aromatic carbocycles. The van der Waals surface area contributed by atoms with Gasteiger partial charge in [-0.1, -0.05) is 19.8 Å². The van der Waals surface area contributed by atoms with Crippen LogP contribution in [0.5, 0.6) is 0 Å². The Morgan fingerprint density at radius 1 is 1.29 bits per heavy atom. The number of aromatic nitrogens is 2. The molecule has 0 radical (unpaired) electrons. The Balaban J connectivity index is 2.67. The predicted molar refractivity (Wildman–Crippen MR) is 73.4 cm³/mol. The summed E-state index contributed by atoms with van der Waals surface area (Å²) in [4.78, 5) is 10.5. The van der Waals surface area contributed by atoms with Crippen molar-refractivity contribution in [3.63, 3.8) is 0 Å². The summed E-state index contributed by atoms with van der Waals surface area (Å²) in [6, 6.07) is 1.94. The Morgan fingerprint density at radius 2 is 2.06 bits per heavy atom. The first-order valence-corrected chi connectivity index (χ1v) is 6.27. The van der Waals surface area contributed by atoms with Gasteiger partial charge in [-0.25, -0.2) is 0 Å². The molecule has 0 amide bonds. The number of nitrogen functional groups attached to an aromatic ring is 1. The van der Waals surface area contributed by atoms with Gasteiger partial charge in [-0.15, -0.1) is 0 Å². The number of rotatable bonds is 7. The second-order valence-corrected chi connectivity index (χ2v) is 4.13. The molecule has 96 valence electrons. The smallest absolute Gasteiger partial charge is 0.223 e. The summed E-state index contributed by atoms with van der Waals surface area (Å²) in [5.41, 5.74) is 5.69. The van der Waals surface area contributed by atoms with E-state index in [4.69, 9.17) is 5.73 Å². The van der Waals surface area contributed by atoms with Crippen LogP contribution in [-0.2, 0) is 0 Å². The van der Waals surface area contributed by atoms with Gasteiger partial charge in [-0.05, 0) is 13.3 Å². The fourth-order valence-electron chi connectivity index (χ4n) is 1.63. The topological polar surface area (TPSA) is 67.1 Å². The molecule has 1 heterocycles. The van der Waals surface area contributed by atoms with Crippen molar-refractivity contribution in [2.45, 2.75) is 33.1 Å². The van der Waals surface area contributed by atoms with Gasteiger partial charge in [0.15, 0.2) is 0 Å². The quantitative estimate of drug-likeness (QED) is 0.711. The Hall–Kier alpha value is -1.52. The minimum absolute atomic E-state index is 0.320. The third kappa shape index (κ3) is 4.46. The van der Waals surface area contributed by atoms with Gasteiger partial charge in [0.05, 0.1) is 0 Å². The zero-order valence-corrected chi connectivity index (χ0v) is 11.0. The van der Waals surface area contributed by atoms with Gasteiger partial charge in [0.2, 0.25) is 5.95 Å². The zero-order chi connectivity index (χ0) is 12.7. The molecule has 0 aliphatic heterocycles. The van der Waals surface area contributed by atoms with Crippen molar-refractivity contribution >= 4 is 17.6 Å². The van der Waals surface area contributed by atoms with Crippen LogP contribution in [0.15, 0.2) is 6.07 Å². The van der Waals surface area contributed by atoms with Crippen LogP contribution in [0.4, 0.5) is 17.6 Å². The van der Waals surface area contributed by atoms with E-state index in [1.807, 2.05) is 20.0 Å². The Kier molecular flexibility index (Phi) is 5.52. The molecule has 5 nitrogen and oxygen atoms in total. The molecule has 0 saturated heterocycles. The number of hydrogen-bond donors (Lipinski definition) is 2. The van der Waals surface area contributed by atoms with Crippen LogP contribution in [-0.4, -0.2) is 30.1 Å². The molecule has 1 aromatic heterocycles. The van der Waals surface area contributed by atoms with E-state index in [1.54, 1.807) is 0 Å². The molecule has 0 aliphatic rings. The second kappa shape index (κ2) is 6.93. The molecule has 0 bridgehead atoms.